The number of piperazine rings is 1. The first-order valence-corrected chi connectivity index (χ1v) is 19.7. The molecule has 0 atom stereocenters. The summed E-state index contributed by atoms with van der Waals surface area (Å²) in [5.74, 6) is -3.41. The Hall–Kier alpha value is -6.06. The molecule has 0 aliphatic carbocycles. The molecular weight excluding hydrogens is 849 g/mol. The second-order valence-electron chi connectivity index (χ2n) is 15.3. The summed E-state index contributed by atoms with van der Waals surface area (Å²) >= 11 is 0. The van der Waals surface area contributed by atoms with Crippen LogP contribution >= 0.6 is 0 Å². The van der Waals surface area contributed by atoms with Gasteiger partial charge in [0.1, 0.15) is 45.9 Å². The van der Waals surface area contributed by atoms with Crippen molar-refractivity contribution < 1.29 is 54.2 Å². The van der Waals surface area contributed by atoms with Gasteiger partial charge in [0.25, 0.3) is 5.91 Å². The van der Waals surface area contributed by atoms with E-state index in [1.807, 2.05) is 0 Å². The third-order valence-corrected chi connectivity index (χ3v) is 9.44. The van der Waals surface area contributed by atoms with Crippen LogP contribution < -0.4 is 30.7 Å². The van der Waals surface area contributed by atoms with Crippen molar-refractivity contribution in [3.8, 4) is 11.5 Å². The topological polar surface area (TPSA) is 159 Å². The molecule has 0 radical (unpaired) electrons. The van der Waals surface area contributed by atoms with Crippen LogP contribution in [0.3, 0.4) is 0 Å². The van der Waals surface area contributed by atoms with Gasteiger partial charge >= 0.3 is 12.4 Å². The highest BCUT2D eigenvalue weighted by atomic mass is 19.4. The first-order chi connectivity index (χ1) is 29.4. The minimum absolute atomic E-state index is 0.0673. The zero-order valence-electron chi connectivity index (χ0n) is 36.1. The molecular formula is C41H50F8N10O4. The molecule has 0 spiro atoms. The van der Waals surface area contributed by atoms with E-state index < -0.39 is 63.9 Å². The van der Waals surface area contributed by atoms with Crippen molar-refractivity contribution in [1.82, 2.24) is 29.7 Å². The van der Waals surface area contributed by atoms with Crippen LogP contribution in [0.5, 0.6) is 11.5 Å². The SMILES string of the molecule is CCNc1nc(Nc2cc(F)c(C(=O)C(C)(C)C)cc2OC)ncc1C(F)(F)F.CCNc1nc(Nc2cc(F)c(C(=O)N3CCN(C(C)C)CC3)cc2OC)ncc1C(F)(F)F. The second kappa shape index (κ2) is 20.4. The van der Waals surface area contributed by atoms with Crippen LogP contribution in [0.15, 0.2) is 36.7 Å². The van der Waals surface area contributed by atoms with Crippen LogP contribution in [-0.4, -0.2) is 101 Å². The minimum Gasteiger partial charge on any atom is -0.495 e. The van der Waals surface area contributed by atoms with Crippen molar-refractivity contribution in [2.75, 3.05) is 74.8 Å². The van der Waals surface area contributed by atoms with Crippen molar-refractivity contribution in [2.45, 2.75) is 66.9 Å². The Kier molecular flexibility index (Phi) is 16.1. The number of alkyl halides is 6. The number of amides is 1. The summed E-state index contributed by atoms with van der Waals surface area (Å²) in [6.45, 7) is 15.2. The maximum Gasteiger partial charge on any atom is 0.421 e. The van der Waals surface area contributed by atoms with E-state index in [2.05, 4.69) is 60.0 Å². The number of aromatic nitrogens is 4. The molecule has 1 saturated heterocycles. The maximum atomic E-state index is 14.9. The van der Waals surface area contributed by atoms with Gasteiger partial charge in [-0.05, 0) is 39.8 Å². The Labute approximate surface area is 359 Å². The molecule has 4 N–H and O–H groups in total. The number of hydrogen-bond acceptors (Lipinski definition) is 13. The Morgan fingerprint density at radius 3 is 1.48 bits per heavy atom. The fraction of sp³-hybridized carbons (Fsp3) is 0.463. The first-order valence-electron chi connectivity index (χ1n) is 19.7. The fourth-order valence-corrected chi connectivity index (χ4v) is 6.14. The van der Waals surface area contributed by atoms with E-state index in [9.17, 15) is 44.7 Å². The molecule has 0 bridgehead atoms. The summed E-state index contributed by atoms with van der Waals surface area (Å²) in [6.07, 6.45) is -7.99. The van der Waals surface area contributed by atoms with Crippen molar-refractivity contribution in [2.24, 2.45) is 5.41 Å². The number of nitrogens with one attached hydrogen (secondary N) is 4. The number of methoxy groups -OCH3 is 2. The summed E-state index contributed by atoms with van der Waals surface area (Å²) in [5.41, 5.74) is -3.01. The van der Waals surface area contributed by atoms with E-state index in [1.54, 1.807) is 39.5 Å². The van der Waals surface area contributed by atoms with E-state index in [0.29, 0.717) is 44.6 Å². The fourth-order valence-electron chi connectivity index (χ4n) is 6.14. The van der Waals surface area contributed by atoms with Gasteiger partial charge in [-0.15, -0.1) is 0 Å². The van der Waals surface area contributed by atoms with Crippen LogP contribution in [0.4, 0.5) is 70.0 Å². The standard InChI is InChI=1S/C22H28F4N6O2.C19H22F4N4O2/c1-5-27-19-15(22(24,25)26)12-28-21(30-19)29-17-11-16(23)14(10-18(17)34-4)20(33)32-8-6-31(7-9-32)13(2)3;1-6-24-16-11(19(21,22)23)9-25-17(27-16)26-13-8-12(20)10(7-14(13)29-5)15(28)18(2,3)4/h10-13H,5-9H2,1-4H3,(H2,27,28,29,30);7-9H,6H2,1-5H3,(H2,24,25,26,27). The molecule has 22 heteroatoms. The highest BCUT2D eigenvalue weighted by molar-refractivity contribution is 6.01. The third-order valence-electron chi connectivity index (χ3n) is 9.44. The summed E-state index contributed by atoms with van der Waals surface area (Å²) in [4.78, 5) is 44.2. The van der Waals surface area contributed by atoms with Crippen LogP contribution in [0.25, 0.3) is 0 Å². The summed E-state index contributed by atoms with van der Waals surface area (Å²) in [6, 6.07) is 4.93. The lowest BCUT2D eigenvalue weighted by Crippen LogP contribution is -2.50. The molecule has 14 nitrogen and oxygen atoms in total. The van der Waals surface area contributed by atoms with Gasteiger partial charge in [0, 0.05) is 75.3 Å². The average molecular weight is 899 g/mol. The molecule has 4 aromatic rings. The second-order valence-corrected chi connectivity index (χ2v) is 15.3. The van der Waals surface area contributed by atoms with E-state index in [0.717, 1.165) is 12.1 Å². The Balaban J connectivity index is 0.000000280. The number of benzene rings is 2. The lowest BCUT2D eigenvalue weighted by molar-refractivity contribution is -0.138. The number of ether oxygens (including phenoxy) is 2. The van der Waals surface area contributed by atoms with Crippen molar-refractivity contribution in [3.05, 3.63) is 70.5 Å². The number of Topliss-reactive ketones (excluding diaryl/α,β-unsaturated/α-hetero) is 1. The van der Waals surface area contributed by atoms with E-state index in [-0.39, 0.29) is 59.0 Å². The lowest BCUT2D eigenvalue weighted by Gasteiger charge is -2.37. The molecule has 3 heterocycles. The van der Waals surface area contributed by atoms with E-state index in [4.69, 9.17) is 9.47 Å². The van der Waals surface area contributed by atoms with Gasteiger partial charge in [0.2, 0.25) is 11.9 Å². The zero-order chi connectivity index (χ0) is 47.0. The van der Waals surface area contributed by atoms with Crippen LogP contribution in [0.1, 0.15) is 80.3 Å². The number of hydrogen-bond donors (Lipinski definition) is 4. The molecule has 344 valence electrons. The quantitative estimate of drug-likeness (QED) is 0.0745. The van der Waals surface area contributed by atoms with Gasteiger partial charge in [0.05, 0.1) is 36.7 Å². The van der Waals surface area contributed by atoms with Gasteiger partial charge in [-0.2, -0.15) is 36.3 Å². The van der Waals surface area contributed by atoms with Crippen LogP contribution in [0, 0.1) is 17.0 Å². The zero-order valence-corrected chi connectivity index (χ0v) is 36.1. The number of halogens is 8. The molecule has 1 aliphatic rings. The predicted octanol–water partition coefficient (Wildman–Crippen LogP) is 9.03. The monoisotopic (exact) mass is 898 g/mol. The van der Waals surface area contributed by atoms with Crippen molar-refractivity contribution in [3.63, 3.8) is 0 Å². The third kappa shape index (κ3) is 12.5. The molecule has 63 heavy (non-hydrogen) atoms. The summed E-state index contributed by atoms with van der Waals surface area (Å²) in [7, 11) is 2.66. The number of nitrogens with zero attached hydrogens (tertiary/aromatic N) is 6. The molecule has 0 unspecified atom stereocenters. The first kappa shape index (κ1) is 49.6. The van der Waals surface area contributed by atoms with E-state index in [1.165, 1.54) is 26.4 Å². The average Bonchev–Trinajstić information content (AvgIpc) is 3.20. The van der Waals surface area contributed by atoms with Gasteiger partial charge in [-0.1, -0.05) is 20.8 Å². The predicted molar refractivity (Wildman–Crippen MR) is 221 cm³/mol. The summed E-state index contributed by atoms with van der Waals surface area (Å²) in [5, 5.41) is 10.4. The smallest absolute Gasteiger partial charge is 0.421 e. The molecule has 5 rings (SSSR count). The number of carbonyl (C=O) groups is 2. The van der Waals surface area contributed by atoms with Crippen LogP contribution in [-0.2, 0) is 12.4 Å². The summed E-state index contributed by atoms with van der Waals surface area (Å²) < 4.78 is 119. The normalized spacial score (nSPS) is 13.5. The van der Waals surface area contributed by atoms with Gasteiger partial charge in [-0.3, -0.25) is 14.5 Å². The molecule has 2 aromatic carbocycles. The molecule has 1 aliphatic heterocycles. The number of ketones is 1. The number of anilines is 6. The minimum atomic E-state index is -4.64. The Morgan fingerprint density at radius 1 is 0.698 bits per heavy atom. The Bertz CT molecular complexity index is 2240. The lowest BCUT2D eigenvalue weighted by atomic mass is 9.86. The molecule has 1 fully saturated rings. The molecule has 2 aromatic heterocycles. The van der Waals surface area contributed by atoms with Gasteiger partial charge in [-0.25, -0.2) is 18.7 Å². The highest BCUT2D eigenvalue weighted by Gasteiger charge is 2.37. The van der Waals surface area contributed by atoms with Gasteiger partial charge in [0.15, 0.2) is 5.78 Å². The Morgan fingerprint density at radius 2 is 1.11 bits per heavy atom. The molecule has 1 amide bonds. The number of carbonyl (C=O) groups excluding carboxylic acids is 2. The van der Waals surface area contributed by atoms with Crippen molar-refractivity contribution in [1.29, 1.82) is 0 Å². The van der Waals surface area contributed by atoms with Crippen molar-refractivity contribution >= 4 is 46.6 Å². The number of rotatable bonds is 13. The van der Waals surface area contributed by atoms with Crippen LogP contribution in [0.2, 0.25) is 0 Å². The maximum absolute atomic E-state index is 14.9. The van der Waals surface area contributed by atoms with Gasteiger partial charge < -0.3 is 35.6 Å². The molecule has 0 saturated carbocycles. The highest BCUT2D eigenvalue weighted by Crippen LogP contribution is 2.38. The largest absolute Gasteiger partial charge is 0.495 e. The van der Waals surface area contributed by atoms with E-state index >= 15 is 0 Å².